The summed E-state index contributed by atoms with van der Waals surface area (Å²) in [5, 5.41) is 39.6. The molecule has 1 amide bonds. The smallest absolute Gasteiger partial charge is 0.326 e. The second-order valence-corrected chi connectivity index (χ2v) is 8.29. The highest BCUT2D eigenvalue weighted by atomic mass is 16.5. The monoisotopic (exact) mass is 528 g/mol. The normalized spacial score (nSPS) is 12.4. The third-order valence-electron chi connectivity index (χ3n) is 5.50. The van der Waals surface area contributed by atoms with Crippen LogP contribution in [0.1, 0.15) is 25.7 Å². The second-order valence-electron chi connectivity index (χ2n) is 8.29. The first kappa shape index (κ1) is 27.7. The summed E-state index contributed by atoms with van der Waals surface area (Å²) in [5.74, 6) is -4.82. The molecule has 1 heterocycles. The van der Waals surface area contributed by atoms with Crippen molar-refractivity contribution in [3.05, 3.63) is 52.9 Å². The lowest BCUT2D eigenvalue weighted by Crippen LogP contribution is -2.48. The fourth-order valence-electron chi connectivity index (χ4n) is 3.51. The van der Waals surface area contributed by atoms with Crippen LogP contribution in [0.25, 0.3) is 22.1 Å². The van der Waals surface area contributed by atoms with Gasteiger partial charge in [-0.05, 0) is 30.5 Å². The Balaban J connectivity index is 1.61. The van der Waals surface area contributed by atoms with E-state index in [9.17, 15) is 39.3 Å². The molecule has 3 rings (SSSR count). The van der Waals surface area contributed by atoms with E-state index in [1.165, 1.54) is 36.6 Å². The number of aromatic hydroxyl groups is 2. The Morgan fingerprint density at radius 2 is 1.68 bits per heavy atom. The molecule has 2 atom stereocenters. The van der Waals surface area contributed by atoms with Gasteiger partial charge in [-0.15, -0.1) is 0 Å². The number of amides is 1. The maximum Gasteiger partial charge on any atom is 0.326 e. The van der Waals surface area contributed by atoms with Crippen LogP contribution in [0.2, 0.25) is 0 Å². The van der Waals surface area contributed by atoms with Crippen molar-refractivity contribution in [2.24, 2.45) is 5.73 Å². The molecular formula is C25H24N2O11. The predicted molar refractivity (Wildman–Crippen MR) is 131 cm³/mol. The van der Waals surface area contributed by atoms with Gasteiger partial charge >= 0.3 is 17.9 Å². The number of carbonyl (C=O) groups excluding carboxylic acids is 2. The maximum absolute atomic E-state index is 12.8. The molecule has 7 N–H and O–H groups in total. The van der Waals surface area contributed by atoms with Crippen molar-refractivity contribution in [3.8, 4) is 28.4 Å². The molecule has 0 aliphatic heterocycles. The zero-order chi connectivity index (χ0) is 28.0. The lowest BCUT2D eigenvalue weighted by molar-refractivity contribution is -0.143. The van der Waals surface area contributed by atoms with Crippen LogP contribution in [0.4, 0.5) is 0 Å². The van der Waals surface area contributed by atoms with E-state index in [1.54, 1.807) is 0 Å². The third kappa shape index (κ3) is 6.85. The largest absolute Gasteiger partial charge is 0.508 e. The first-order chi connectivity index (χ1) is 18.0. The lowest BCUT2D eigenvalue weighted by Gasteiger charge is -2.17. The Hall–Kier alpha value is -4.91. The summed E-state index contributed by atoms with van der Waals surface area (Å²) in [4.78, 5) is 59.1. The topological polar surface area (TPSA) is 227 Å². The van der Waals surface area contributed by atoms with Crippen molar-refractivity contribution in [2.45, 2.75) is 37.8 Å². The van der Waals surface area contributed by atoms with Gasteiger partial charge in [-0.2, -0.15) is 0 Å². The number of nitrogens with one attached hydrogen (secondary N) is 1. The number of phenolic OH excluding ortho intramolecular Hbond substituents is 2. The van der Waals surface area contributed by atoms with E-state index >= 15 is 0 Å². The quantitative estimate of drug-likeness (QED) is 0.153. The van der Waals surface area contributed by atoms with Crippen LogP contribution in [-0.2, 0) is 19.2 Å². The zero-order valence-corrected chi connectivity index (χ0v) is 19.7. The molecule has 0 aliphatic carbocycles. The summed E-state index contributed by atoms with van der Waals surface area (Å²) in [6.07, 6.45) is -0.0588. The molecule has 0 aliphatic rings. The molecule has 13 nitrogen and oxygen atoms in total. The minimum Gasteiger partial charge on any atom is -0.508 e. The number of benzene rings is 2. The van der Waals surface area contributed by atoms with Gasteiger partial charge in [-0.25, -0.2) is 4.79 Å². The van der Waals surface area contributed by atoms with Crippen molar-refractivity contribution >= 4 is 34.8 Å². The number of nitrogens with two attached hydrogens (primary N) is 1. The Morgan fingerprint density at radius 3 is 2.32 bits per heavy atom. The average Bonchev–Trinajstić information content (AvgIpc) is 2.85. The number of hydrogen-bond acceptors (Lipinski definition) is 10. The standard InChI is InChI=1S/C25H24N2O11/c26-16(5-7-20(30)31)24(34)27-17(25(35)36)6-8-21(32)38-14-3-1-12(2-4-14)15-11-37-19-10-13(28)9-18(29)22(19)23(15)33/h1-4,9-11,16-17,28-29H,5-8,26H2,(H,27,34)(H,30,31)(H,35,36)/t16-,17-/m1/s1. The zero-order valence-electron chi connectivity index (χ0n) is 19.7. The SMILES string of the molecule is N[C@H](CCC(=O)O)C(=O)N[C@H](CCC(=O)Oc1ccc(-c2coc3cc(O)cc(O)c3c2=O)cc1)C(=O)O. The molecule has 0 fully saturated rings. The summed E-state index contributed by atoms with van der Waals surface area (Å²) in [7, 11) is 0. The van der Waals surface area contributed by atoms with E-state index in [2.05, 4.69) is 5.32 Å². The van der Waals surface area contributed by atoms with Crippen molar-refractivity contribution in [3.63, 3.8) is 0 Å². The Labute approximate surface area is 214 Å². The van der Waals surface area contributed by atoms with Crippen LogP contribution in [-0.4, -0.2) is 56.3 Å². The number of phenols is 2. The minimum atomic E-state index is -1.45. The molecule has 0 saturated heterocycles. The summed E-state index contributed by atoms with van der Waals surface area (Å²) < 4.78 is 10.5. The van der Waals surface area contributed by atoms with Gasteiger partial charge in [-0.1, -0.05) is 12.1 Å². The van der Waals surface area contributed by atoms with E-state index in [1.807, 2.05) is 0 Å². The molecule has 200 valence electrons. The van der Waals surface area contributed by atoms with Gasteiger partial charge in [0, 0.05) is 25.0 Å². The number of carboxylic acids is 2. The van der Waals surface area contributed by atoms with Crippen LogP contribution in [0, 0.1) is 0 Å². The van der Waals surface area contributed by atoms with Gasteiger partial charge in [0.1, 0.15) is 40.5 Å². The van der Waals surface area contributed by atoms with E-state index < -0.39 is 47.1 Å². The summed E-state index contributed by atoms with van der Waals surface area (Å²) >= 11 is 0. The van der Waals surface area contributed by atoms with Crippen molar-refractivity contribution in [1.82, 2.24) is 5.32 Å². The number of carbonyl (C=O) groups is 4. The summed E-state index contributed by atoms with van der Waals surface area (Å²) in [5.41, 5.74) is 5.52. The molecular weight excluding hydrogens is 504 g/mol. The highest BCUT2D eigenvalue weighted by Crippen LogP contribution is 2.30. The highest BCUT2D eigenvalue weighted by molar-refractivity contribution is 5.88. The number of aliphatic carboxylic acids is 2. The van der Waals surface area contributed by atoms with Crippen LogP contribution in [0.5, 0.6) is 17.2 Å². The number of rotatable bonds is 11. The molecule has 0 bridgehead atoms. The first-order valence-electron chi connectivity index (χ1n) is 11.3. The van der Waals surface area contributed by atoms with Gasteiger partial charge in [0.05, 0.1) is 11.6 Å². The number of fused-ring (bicyclic) bond motifs is 1. The number of hydrogen-bond donors (Lipinski definition) is 6. The maximum atomic E-state index is 12.8. The van der Waals surface area contributed by atoms with Gasteiger partial charge in [0.25, 0.3) is 0 Å². The van der Waals surface area contributed by atoms with E-state index in [4.69, 9.17) is 20.0 Å². The molecule has 38 heavy (non-hydrogen) atoms. The molecule has 13 heteroatoms. The number of ether oxygens (including phenoxy) is 1. The molecule has 1 aromatic heterocycles. The lowest BCUT2D eigenvalue weighted by atomic mass is 10.0. The predicted octanol–water partition coefficient (Wildman–Crippen LogP) is 1.32. The van der Waals surface area contributed by atoms with Crippen LogP contribution >= 0.6 is 0 Å². The molecule has 3 aromatic rings. The van der Waals surface area contributed by atoms with E-state index in [0.717, 1.165) is 6.07 Å². The Morgan fingerprint density at radius 1 is 1.00 bits per heavy atom. The van der Waals surface area contributed by atoms with Crippen molar-refractivity contribution in [2.75, 3.05) is 0 Å². The Bertz CT molecular complexity index is 1430. The number of esters is 1. The van der Waals surface area contributed by atoms with Crippen LogP contribution in [0.3, 0.4) is 0 Å². The van der Waals surface area contributed by atoms with Gasteiger partial charge < -0.3 is 40.6 Å². The van der Waals surface area contributed by atoms with Crippen molar-refractivity contribution in [1.29, 1.82) is 0 Å². The highest BCUT2D eigenvalue weighted by Gasteiger charge is 2.25. The third-order valence-corrected chi connectivity index (χ3v) is 5.50. The van der Waals surface area contributed by atoms with Gasteiger partial charge in [-0.3, -0.25) is 19.2 Å². The fourth-order valence-corrected chi connectivity index (χ4v) is 3.51. The van der Waals surface area contributed by atoms with Gasteiger partial charge in [0.2, 0.25) is 11.3 Å². The van der Waals surface area contributed by atoms with Crippen LogP contribution < -0.4 is 21.2 Å². The first-order valence-corrected chi connectivity index (χ1v) is 11.3. The molecule has 0 spiro atoms. The summed E-state index contributed by atoms with van der Waals surface area (Å²) in [6, 6.07) is 5.26. The average molecular weight is 528 g/mol. The molecule has 0 unspecified atom stereocenters. The summed E-state index contributed by atoms with van der Waals surface area (Å²) in [6.45, 7) is 0. The minimum absolute atomic E-state index is 0.0000933. The van der Waals surface area contributed by atoms with Crippen LogP contribution in [0.15, 0.2) is 51.9 Å². The van der Waals surface area contributed by atoms with Gasteiger partial charge in [0.15, 0.2) is 0 Å². The van der Waals surface area contributed by atoms with Crippen molar-refractivity contribution < 1.29 is 48.8 Å². The van der Waals surface area contributed by atoms with E-state index in [-0.39, 0.29) is 53.7 Å². The molecule has 0 radical (unpaired) electrons. The Kier molecular flexibility index (Phi) is 8.65. The molecule has 0 saturated carbocycles. The fraction of sp³-hybridized carbons (Fsp3) is 0.240. The second kappa shape index (κ2) is 11.9. The van der Waals surface area contributed by atoms with E-state index in [0.29, 0.717) is 5.56 Å². The molecule has 2 aromatic carbocycles. The number of carboxylic acid groups (broad SMARTS) is 2.